The Morgan fingerprint density at radius 2 is 2.00 bits per heavy atom. The number of hydrogen-bond acceptors (Lipinski definition) is 7. The highest BCUT2D eigenvalue weighted by atomic mass is 32.2. The molecule has 1 aromatic heterocycles. The predicted octanol–water partition coefficient (Wildman–Crippen LogP) is 4.81. The third-order valence-electron chi connectivity index (χ3n) is 4.32. The third kappa shape index (κ3) is 4.98. The van der Waals surface area contributed by atoms with Crippen LogP contribution in [0.2, 0.25) is 0 Å². The van der Waals surface area contributed by atoms with Gasteiger partial charge in [0.2, 0.25) is 0 Å². The number of aromatic nitrogens is 3. The largest absolute Gasteiger partial charge is 0.497 e. The fourth-order valence-electron chi connectivity index (χ4n) is 2.89. The van der Waals surface area contributed by atoms with Crippen molar-refractivity contribution in [2.75, 3.05) is 7.11 Å². The van der Waals surface area contributed by atoms with Crippen LogP contribution >= 0.6 is 11.8 Å². The van der Waals surface area contributed by atoms with Crippen LogP contribution in [0.1, 0.15) is 24.4 Å². The van der Waals surface area contributed by atoms with Gasteiger partial charge in [0.05, 0.1) is 12.0 Å². The molecule has 0 saturated carbocycles. The van der Waals surface area contributed by atoms with Crippen molar-refractivity contribution in [1.82, 2.24) is 14.8 Å². The molecular weight excluding hydrogens is 404 g/mol. The second-order valence-corrected chi connectivity index (χ2v) is 7.30. The molecule has 30 heavy (non-hydrogen) atoms. The Labute approximate surface area is 178 Å². The molecule has 3 aromatic rings. The Morgan fingerprint density at radius 1 is 1.23 bits per heavy atom. The fraction of sp³-hybridized carbons (Fsp3) is 0.238. The van der Waals surface area contributed by atoms with E-state index in [-0.39, 0.29) is 16.7 Å². The van der Waals surface area contributed by atoms with E-state index < -0.39 is 0 Å². The van der Waals surface area contributed by atoms with Crippen molar-refractivity contribution in [3.05, 3.63) is 82.7 Å². The monoisotopic (exact) mass is 426 g/mol. The number of nitrogens with zero attached hydrogens (tertiary/aromatic N) is 4. The highest BCUT2D eigenvalue weighted by molar-refractivity contribution is 7.98. The quantitative estimate of drug-likeness (QED) is 0.199. The van der Waals surface area contributed by atoms with Crippen LogP contribution in [0, 0.1) is 10.1 Å². The summed E-state index contributed by atoms with van der Waals surface area (Å²) in [5, 5.41) is 20.5. The number of benzene rings is 2. The van der Waals surface area contributed by atoms with Gasteiger partial charge in [-0.1, -0.05) is 42.1 Å². The first kappa shape index (κ1) is 21.4. The maximum Gasteiger partial charge on any atom is 0.273 e. The van der Waals surface area contributed by atoms with Gasteiger partial charge in [0.1, 0.15) is 11.5 Å². The lowest BCUT2D eigenvalue weighted by atomic mass is 10.2. The molecule has 0 aliphatic carbocycles. The molecule has 1 atom stereocenters. The van der Waals surface area contributed by atoms with Crippen LogP contribution in [-0.4, -0.2) is 26.8 Å². The predicted molar refractivity (Wildman–Crippen MR) is 115 cm³/mol. The summed E-state index contributed by atoms with van der Waals surface area (Å²) >= 11 is 1.38. The number of para-hydroxylation sites is 1. The second-order valence-electron chi connectivity index (χ2n) is 6.35. The van der Waals surface area contributed by atoms with Gasteiger partial charge >= 0.3 is 0 Å². The molecule has 1 unspecified atom stereocenters. The SMILES string of the molecule is C=CCn1c(SCc2ccccc2[N+](=O)[O-])nnc1C(C)Oc1cccc(OC)c1. The van der Waals surface area contributed by atoms with Crippen LogP contribution < -0.4 is 9.47 Å². The summed E-state index contributed by atoms with van der Waals surface area (Å²) in [4.78, 5) is 10.9. The van der Waals surface area contributed by atoms with Gasteiger partial charge in [-0.15, -0.1) is 16.8 Å². The molecule has 0 bridgehead atoms. The minimum atomic E-state index is -0.375. The molecule has 0 fully saturated rings. The zero-order chi connectivity index (χ0) is 21.5. The number of nitro benzene ring substituents is 1. The Balaban J connectivity index is 1.79. The third-order valence-corrected chi connectivity index (χ3v) is 5.34. The van der Waals surface area contributed by atoms with Gasteiger partial charge < -0.3 is 9.47 Å². The second kappa shape index (κ2) is 9.93. The zero-order valence-corrected chi connectivity index (χ0v) is 17.5. The zero-order valence-electron chi connectivity index (χ0n) is 16.7. The smallest absolute Gasteiger partial charge is 0.273 e. The summed E-state index contributed by atoms with van der Waals surface area (Å²) in [7, 11) is 1.60. The normalized spacial score (nSPS) is 11.7. The van der Waals surface area contributed by atoms with Crippen LogP contribution in [-0.2, 0) is 12.3 Å². The van der Waals surface area contributed by atoms with Crippen molar-refractivity contribution in [2.45, 2.75) is 30.5 Å². The van der Waals surface area contributed by atoms with E-state index in [1.165, 1.54) is 17.8 Å². The first-order chi connectivity index (χ1) is 14.5. The molecule has 2 aromatic carbocycles. The van der Waals surface area contributed by atoms with Crippen LogP contribution in [0.5, 0.6) is 11.5 Å². The molecule has 0 aliphatic heterocycles. The van der Waals surface area contributed by atoms with Crippen molar-refractivity contribution < 1.29 is 14.4 Å². The number of rotatable bonds is 10. The molecular formula is C21H22N4O4S. The van der Waals surface area contributed by atoms with E-state index in [4.69, 9.17) is 9.47 Å². The number of nitro groups is 1. The van der Waals surface area contributed by atoms with Gasteiger partial charge in [0, 0.05) is 30.0 Å². The number of allylic oxidation sites excluding steroid dienone is 1. The van der Waals surface area contributed by atoms with Gasteiger partial charge in [0.25, 0.3) is 5.69 Å². The number of ether oxygens (including phenoxy) is 2. The van der Waals surface area contributed by atoms with Crippen molar-refractivity contribution >= 4 is 17.4 Å². The maximum atomic E-state index is 11.2. The molecule has 8 nitrogen and oxygen atoms in total. The standard InChI is InChI=1S/C21H22N4O4S/c1-4-12-24-20(15(2)29-18-10-7-9-17(13-18)28-3)22-23-21(24)30-14-16-8-5-6-11-19(16)25(26)27/h4-11,13,15H,1,12,14H2,2-3H3. The first-order valence-corrected chi connectivity index (χ1v) is 10.2. The molecule has 156 valence electrons. The average Bonchev–Trinajstić information content (AvgIpc) is 3.15. The summed E-state index contributed by atoms with van der Waals surface area (Å²) in [5.41, 5.74) is 0.720. The lowest BCUT2D eigenvalue weighted by molar-refractivity contribution is -0.385. The first-order valence-electron chi connectivity index (χ1n) is 9.23. The van der Waals surface area contributed by atoms with Crippen LogP contribution in [0.15, 0.2) is 66.3 Å². The molecule has 3 rings (SSSR count). The minimum Gasteiger partial charge on any atom is -0.497 e. The van der Waals surface area contributed by atoms with Crippen molar-refractivity contribution in [2.24, 2.45) is 0 Å². The number of methoxy groups -OCH3 is 1. The van der Waals surface area contributed by atoms with Gasteiger partial charge in [-0.25, -0.2) is 0 Å². The van der Waals surface area contributed by atoms with E-state index in [9.17, 15) is 10.1 Å². The number of thioether (sulfide) groups is 1. The summed E-state index contributed by atoms with van der Waals surface area (Å²) in [5.74, 6) is 2.40. The van der Waals surface area contributed by atoms with E-state index in [1.807, 2.05) is 29.7 Å². The lowest BCUT2D eigenvalue weighted by Gasteiger charge is -2.16. The minimum absolute atomic E-state index is 0.0923. The van der Waals surface area contributed by atoms with Crippen LogP contribution in [0.25, 0.3) is 0 Å². The Bertz CT molecular complexity index is 1040. The van der Waals surface area contributed by atoms with Gasteiger partial charge in [-0.3, -0.25) is 14.7 Å². The molecule has 0 saturated heterocycles. The number of hydrogen-bond donors (Lipinski definition) is 0. The molecule has 1 heterocycles. The average molecular weight is 426 g/mol. The summed E-state index contributed by atoms with van der Waals surface area (Å²) in [6.07, 6.45) is 1.38. The molecule has 9 heteroatoms. The molecule has 0 spiro atoms. The van der Waals surface area contributed by atoms with Gasteiger partial charge in [-0.2, -0.15) is 0 Å². The summed E-state index contributed by atoms with van der Waals surface area (Å²) < 4.78 is 13.2. The van der Waals surface area contributed by atoms with Crippen molar-refractivity contribution in [3.63, 3.8) is 0 Å². The topological polar surface area (TPSA) is 92.3 Å². The van der Waals surface area contributed by atoms with Crippen molar-refractivity contribution in [3.8, 4) is 11.5 Å². The Hall–Kier alpha value is -3.33. The Morgan fingerprint density at radius 3 is 2.73 bits per heavy atom. The van der Waals surface area contributed by atoms with Gasteiger partial charge in [0.15, 0.2) is 17.1 Å². The summed E-state index contributed by atoms with van der Waals surface area (Å²) in [6.45, 7) is 6.19. The molecule has 0 N–H and O–H groups in total. The van der Waals surface area contributed by atoms with Crippen molar-refractivity contribution in [1.29, 1.82) is 0 Å². The molecule has 0 aliphatic rings. The lowest BCUT2D eigenvalue weighted by Crippen LogP contribution is -2.12. The molecule has 0 amide bonds. The maximum absolute atomic E-state index is 11.2. The fourth-order valence-corrected chi connectivity index (χ4v) is 3.84. The van der Waals surface area contributed by atoms with Crippen LogP contribution in [0.4, 0.5) is 5.69 Å². The highest BCUT2D eigenvalue weighted by Crippen LogP contribution is 2.30. The van der Waals surface area contributed by atoms with E-state index >= 15 is 0 Å². The van der Waals surface area contributed by atoms with E-state index in [1.54, 1.807) is 37.5 Å². The Kier molecular flexibility index (Phi) is 7.08. The van der Waals surface area contributed by atoms with E-state index in [0.29, 0.717) is 40.3 Å². The summed E-state index contributed by atoms with van der Waals surface area (Å²) in [6, 6.07) is 14.0. The van der Waals surface area contributed by atoms with Gasteiger partial charge in [-0.05, 0) is 19.1 Å². The molecule has 0 radical (unpaired) electrons. The highest BCUT2D eigenvalue weighted by Gasteiger charge is 2.20. The van der Waals surface area contributed by atoms with E-state index in [0.717, 1.165) is 0 Å². The van der Waals surface area contributed by atoms with Crippen LogP contribution in [0.3, 0.4) is 0 Å². The van der Waals surface area contributed by atoms with E-state index in [2.05, 4.69) is 16.8 Å².